The second-order valence-electron chi connectivity index (χ2n) is 4.54. The van der Waals surface area contributed by atoms with E-state index < -0.39 is 0 Å². The lowest BCUT2D eigenvalue weighted by Crippen LogP contribution is -2.08. The molecule has 0 radical (unpaired) electrons. The Morgan fingerprint density at radius 1 is 1.25 bits per heavy atom. The van der Waals surface area contributed by atoms with Gasteiger partial charge in [0.1, 0.15) is 6.10 Å². The Kier molecular flexibility index (Phi) is 5.70. The number of aromatic nitrogens is 2. The maximum atomic E-state index is 5.75. The van der Waals surface area contributed by atoms with Crippen molar-refractivity contribution < 1.29 is 9.26 Å². The molecule has 1 unspecified atom stereocenters. The summed E-state index contributed by atoms with van der Waals surface area (Å²) in [6, 6.07) is 9.93. The summed E-state index contributed by atoms with van der Waals surface area (Å²) in [6.07, 6.45) is 2.42. The number of hydrogen-bond donors (Lipinski definition) is 1. The van der Waals surface area contributed by atoms with Gasteiger partial charge in [0, 0.05) is 13.0 Å². The number of rotatable bonds is 8. The average Bonchev–Trinajstić information content (AvgIpc) is 2.94. The highest BCUT2D eigenvalue weighted by molar-refractivity contribution is 5.22. The van der Waals surface area contributed by atoms with E-state index in [1.165, 1.54) is 0 Å². The summed E-state index contributed by atoms with van der Waals surface area (Å²) in [6.45, 7) is 3.24. The van der Waals surface area contributed by atoms with Gasteiger partial charge in [0.15, 0.2) is 0 Å². The molecule has 0 fully saturated rings. The number of unbranched alkanes of at least 4 members (excludes halogenated alkanes) is 1. The van der Waals surface area contributed by atoms with Gasteiger partial charge in [0.25, 0.3) is 0 Å². The highest BCUT2D eigenvalue weighted by Crippen LogP contribution is 2.23. The third-order valence-electron chi connectivity index (χ3n) is 3.00. The third-order valence-corrected chi connectivity index (χ3v) is 3.00. The Morgan fingerprint density at radius 3 is 2.75 bits per heavy atom. The molecule has 1 atom stereocenters. The monoisotopic (exact) mass is 275 g/mol. The van der Waals surface area contributed by atoms with Crippen LogP contribution in [0.1, 0.15) is 43.1 Å². The number of nitrogens with two attached hydrogens (primary N) is 1. The third kappa shape index (κ3) is 3.88. The van der Waals surface area contributed by atoms with Gasteiger partial charge in [-0.25, -0.2) is 0 Å². The maximum Gasteiger partial charge on any atom is 0.226 e. The van der Waals surface area contributed by atoms with Gasteiger partial charge in [-0.3, -0.25) is 0 Å². The van der Waals surface area contributed by atoms with Gasteiger partial charge in [0.2, 0.25) is 11.7 Å². The van der Waals surface area contributed by atoms with Crippen molar-refractivity contribution in [1.29, 1.82) is 0 Å². The Labute approximate surface area is 119 Å². The first-order valence-electron chi connectivity index (χ1n) is 7.04. The predicted octanol–water partition coefficient (Wildman–Crippen LogP) is 2.48. The van der Waals surface area contributed by atoms with Crippen molar-refractivity contribution in [2.75, 3.05) is 13.2 Å². The van der Waals surface area contributed by atoms with Crippen LogP contribution in [0, 0.1) is 0 Å². The zero-order valence-electron chi connectivity index (χ0n) is 11.8. The summed E-state index contributed by atoms with van der Waals surface area (Å²) in [5.74, 6) is 1.23. The van der Waals surface area contributed by atoms with E-state index in [-0.39, 0.29) is 6.10 Å². The van der Waals surface area contributed by atoms with E-state index in [1.54, 1.807) is 0 Å². The van der Waals surface area contributed by atoms with E-state index in [4.69, 9.17) is 15.0 Å². The van der Waals surface area contributed by atoms with Crippen LogP contribution in [0.5, 0.6) is 0 Å². The summed E-state index contributed by atoms with van der Waals surface area (Å²) < 4.78 is 11.0. The van der Waals surface area contributed by atoms with Crippen LogP contribution in [0.25, 0.3) is 0 Å². The van der Waals surface area contributed by atoms with Crippen molar-refractivity contribution in [3.63, 3.8) is 0 Å². The van der Waals surface area contributed by atoms with Crippen LogP contribution in [0.3, 0.4) is 0 Å². The van der Waals surface area contributed by atoms with Crippen molar-refractivity contribution in [2.24, 2.45) is 5.73 Å². The molecular formula is C15H21N3O2. The Morgan fingerprint density at radius 2 is 2.05 bits per heavy atom. The quantitative estimate of drug-likeness (QED) is 0.749. The lowest BCUT2D eigenvalue weighted by Gasteiger charge is -2.13. The number of aryl methyl sites for hydroxylation is 1. The minimum absolute atomic E-state index is 0.270. The first-order chi connectivity index (χ1) is 9.85. The summed E-state index contributed by atoms with van der Waals surface area (Å²) in [5, 5.41) is 4.05. The molecule has 1 aromatic carbocycles. The zero-order valence-corrected chi connectivity index (χ0v) is 11.8. The van der Waals surface area contributed by atoms with Gasteiger partial charge in [0.05, 0.1) is 0 Å². The summed E-state index contributed by atoms with van der Waals surface area (Å²) >= 11 is 0. The van der Waals surface area contributed by atoms with Crippen LogP contribution in [-0.2, 0) is 11.2 Å². The van der Waals surface area contributed by atoms with Gasteiger partial charge in [-0.2, -0.15) is 4.98 Å². The molecule has 0 aliphatic carbocycles. The summed E-state index contributed by atoms with van der Waals surface area (Å²) in [5.41, 5.74) is 6.51. The molecular weight excluding hydrogens is 254 g/mol. The molecule has 0 aliphatic rings. The van der Waals surface area contributed by atoms with Gasteiger partial charge in [-0.15, -0.1) is 0 Å². The van der Waals surface area contributed by atoms with E-state index >= 15 is 0 Å². The number of benzene rings is 1. The Hall–Kier alpha value is -1.72. The second kappa shape index (κ2) is 7.77. The number of ether oxygens (including phenoxy) is 1. The van der Waals surface area contributed by atoms with Crippen molar-refractivity contribution in [3.05, 3.63) is 47.6 Å². The maximum absolute atomic E-state index is 5.75. The lowest BCUT2D eigenvalue weighted by atomic mass is 10.1. The molecule has 5 nitrogen and oxygen atoms in total. The van der Waals surface area contributed by atoms with Crippen LogP contribution >= 0.6 is 0 Å². The van der Waals surface area contributed by atoms with E-state index in [0.717, 1.165) is 24.8 Å². The molecule has 5 heteroatoms. The molecule has 0 aliphatic heterocycles. The smallest absolute Gasteiger partial charge is 0.226 e. The van der Waals surface area contributed by atoms with Gasteiger partial charge < -0.3 is 15.0 Å². The first kappa shape index (κ1) is 14.7. The van der Waals surface area contributed by atoms with Crippen LogP contribution in [0.2, 0.25) is 0 Å². The van der Waals surface area contributed by atoms with Gasteiger partial charge in [-0.05, 0) is 31.9 Å². The van der Waals surface area contributed by atoms with E-state index in [2.05, 4.69) is 10.1 Å². The molecule has 2 rings (SSSR count). The number of nitrogens with zero attached hydrogens (tertiary/aromatic N) is 2. The molecule has 2 aromatic rings. The van der Waals surface area contributed by atoms with E-state index in [1.807, 2.05) is 37.3 Å². The van der Waals surface area contributed by atoms with E-state index in [0.29, 0.717) is 24.9 Å². The molecule has 1 aromatic heterocycles. The highest BCUT2D eigenvalue weighted by Gasteiger charge is 2.20. The summed E-state index contributed by atoms with van der Waals surface area (Å²) in [7, 11) is 0. The minimum atomic E-state index is -0.270. The largest absolute Gasteiger partial charge is 0.366 e. The highest BCUT2D eigenvalue weighted by atomic mass is 16.5. The number of hydrogen-bond acceptors (Lipinski definition) is 5. The predicted molar refractivity (Wildman–Crippen MR) is 76.2 cm³/mol. The van der Waals surface area contributed by atoms with Crippen molar-refractivity contribution >= 4 is 0 Å². The van der Waals surface area contributed by atoms with Gasteiger partial charge in [-0.1, -0.05) is 35.5 Å². The van der Waals surface area contributed by atoms with E-state index in [9.17, 15) is 0 Å². The lowest BCUT2D eigenvalue weighted by molar-refractivity contribution is 0.0833. The second-order valence-corrected chi connectivity index (χ2v) is 4.54. The van der Waals surface area contributed by atoms with Gasteiger partial charge >= 0.3 is 0 Å². The Balaban J connectivity index is 2.10. The van der Waals surface area contributed by atoms with Crippen LogP contribution in [0.4, 0.5) is 0 Å². The molecule has 0 bridgehead atoms. The van der Waals surface area contributed by atoms with Crippen molar-refractivity contribution in [1.82, 2.24) is 10.1 Å². The van der Waals surface area contributed by atoms with Crippen LogP contribution in [-0.4, -0.2) is 23.3 Å². The normalized spacial score (nSPS) is 12.5. The zero-order chi connectivity index (χ0) is 14.2. The summed E-state index contributed by atoms with van der Waals surface area (Å²) in [4.78, 5) is 4.43. The Bertz CT molecular complexity index is 499. The van der Waals surface area contributed by atoms with Crippen LogP contribution < -0.4 is 5.73 Å². The minimum Gasteiger partial charge on any atom is -0.366 e. The molecule has 0 spiro atoms. The van der Waals surface area contributed by atoms with Crippen LogP contribution in [0.15, 0.2) is 34.9 Å². The average molecular weight is 275 g/mol. The SMILES string of the molecule is CCOC(c1ccccc1)c1noc(CCCCN)n1. The molecule has 0 saturated carbocycles. The molecule has 0 amide bonds. The molecule has 1 heterocycles. The van der Waals surface area contributed by atoms with Crippen molar-refractivity contribution in [3.8, 4) is 0 Å². The molecule has 0 saturated heterocycles. The first-order valence-corrected chi connectivity index (χ1v) is 7.04. The fourth-order valence-corrected chi connectivity index (χ4v) is 2.01. The fourth-order valence-electron chi connectivity index (χ4n) is 2.01. The standard InChI is InChI=1S/C15H21N3O2/c1-2-19-14(12-8-4-3-5-9-12)15-17-13(20-18-15)10-6-7-11-16/h3-5,8-9,14H,2,6-7,10-11,16H2,1H3. The molecule has 20 heavy (non-hydrogen) atoms. The van der Waals surface area contributed by atoms with Crippen molar-refractivity contribution in [2.45, 2.75) is 32.3 Å². The molecule has 108 valence electrons. The molecule has 2 N–H and O–H groups in total. The topological polar surface area (TPSA) is 74.2 Å². The fraction of sp³-hybridized carbons (Fsp3) is 0.467.